The van der Waals surface area contributed by atoms with Crippen molar-refractivity contribution in [1.29, 1.82) is 0 Å². The van der Waals surface area contributed by atoms with Crippen LogP contribution in [0, 0.1) is 0 Å². The van der Waals surface area contributed by atoms with Crippen molar-refractivity contribution < 1.29 is 13.2 Å². The summed E-state index contributed by atoms with van der Waals surface area (Å²) in [5.74, 6) is 0. The molecule has 0 unspecified atom stereocenters. The van der Waals surface area contributed by atoms with Crippen LogP contribution in [-0.4, -0.2) is 42.5 Å². The molecule has 6 heteroatoms. The highest BCUT2D eigenvalue weighted by Crippen LogP contribution is 2.35. The number of anilines is 1. The van der Waals surface area contributed by atoms with Gasteiger partial charge in [0.05, 0.1) is 5.56 Å². The topological polar surface area (TPSA) is 32.5 Å². The van der Waals surface area contributed by atoms with Gasteiger partial charge in [-0.3, -0.25) is 4.90 Å². The van der Waals surface area contributed by atoms with E-state index in [9.17, 15) is 13.2 Å². The number of halogens is 3. The number of benzene rings is 1. The average molecular weight is 287 g/mol. The van der Waals surface area contributed by atoms with Crippen LogP contribution in [0.1, 0.15) is 18.1 Å². The van der Waals surface area contributed by atoms with Crippen LogP contribution >= 0.6 is 0 Å². The zero-order valence-electron chi connectivity index (χ0n) is 11.6. The molecular weight excluding hydrogens is 267 g/mol. The quantitative estimate of drug-likeness (QED) is 0.867. The first-order chi connectivity index (χ1) is 9.41. The summed E-state index contributed by atoms with van der Waals surface area (Å²) < 4.78 is 39.1. The second kappa shape index (κ2) is 6.01. The number of nitrogens with two attached hydrogens (primary N) is 1. The van der Waals surface area contributed by atoms with Crippen molar-refractivity contribution in [2.75, 3.05) is 38.5 Å². The van der Waals surface area contributed by atoms with Gasteiger partial charge in [0.15, 0.2) is 0 Å². The zero-order valence-corrected chi connectivity index (χ0v) is 11.6. The van der Waals surface area contributed by atoms with E-state index in [0.29, 0.717) is 0 Å². The second-order valence-corrected chi connectivity index (χ2v) is 5.08. The van der Waals surface area contributed by atoms with Gasteiger partial charge in [0.25, 0.3) is 0 Å². The third-order valence-electron chi connectivity index (χ3n) is 3.81. The smallest absolute Gasteiger partial charge is 0.398 e. The molecule has 1 aromatic carbocycles. The number of rotatable bonds is 3. The van der Waals surface area contributed by atoms with E-state index >= 15 is 0 Å². The van der Waals surface area contributed by atoms with Crippen molar-refractivity contribution in [2.45, 2.75) is 19.6 Å². The van der Waals surface area contributed by atoms with Crippen LogP contribution in [0.15, 0.2) is 18.2 Å². The number of nitrogen functional groups attached to an aromatic ring is 1. The molecule has 0 radical (unpaired) electrons. The second-order valence-electron chi connectivity index (χ2n) is 5.08. The predicted molar refractivity (Wildman–Crippen MR) is 73.2 cm³/mol. The summed E-state index contributed by atoms with van der Waals surface area (Å²) in [6.45, 7) is 6.68. The van der Waals surface area contributed by atoms with Gasteiger partial charge in [0, 0.05) is 44.0 Å². The van der Waals surface area contributed by atoms with Crippen LogP contribution in [-0.2, 0) is 12.7 Å². The highest BCUT2D eigenvalue weighted by Gasteiger charge is 2.34. The fraction of sp³-hybridized carbons (Fsp3) is 0.571. The molecule has 2 rings (SSSR count). The van der Waals surface area contributed by atoms with Gasteiger partial charge in [0.1, 0.15) is 0 Å². The molecule has 0 amide bonds. The van der Waals surface area contributed by atoms with E-state index in [4.69, 9.17) is 5.73 Å². The SMILES string of the molecule is CCN1CCN(Cc2c(N)cccc2C(F)(F)F)CC1. The number of piperazine rings is 1. The van der Waals surface area contributed by atoms with Crippen LogP contribution in [0.2, 0.25) is 0 Å². The van der Waals surface area contributed by atoms with Crippen LogP contribution < -0.4 is 5.73 Å². The molecule has 0 bridgehead atoms. The van der Waals surface area contributed by atoms with E-state index in [2.05, 4.69) is 11.8 Å². The fourth-order valence-electron chi connectivity index (χ4n) is 2.53. The fourth-order valence-corrected chi connectivity index (χ4v) is 2.53. The van der Waals surface area contributed by atoms with Gasteiger partial charge in [-0.25, -0.2) is 0 Å². The van der Waals surface area contributed by atoms with E-state index in [0.717, 1.165) is 38.8 Å². The molecule has 0 atom stereocenters. The first-order valence-electron chi connectivity index (χ1n) is 6.81. The third-order valence-corrected chi connectivity index (χ3v) is 3.81. The Morgan fingerprint density at radius 2 is 1.70 bits per heavy atom. The highest BCUT2D eigenvalue weighted by molar-refractivity contribution is 5.51. The number of likely N-dealkylation sites (N-methyl/N-ethyl adjacent to an activating group) is 1. The monoisotopic (exact) mass is 287 g/mol. The van der Waals surface area contributed by atoms with Crippen molar-refractivity contribution in [3.05, 3.63) is 29.3 Å². The van der Waals surface area contributed by atoms with E-state index in [1.165, 1.54) is 12.1 Å². The Balaban J connectivity index is 2.13. The maximum absolute atomic E-state index is 13.0. The molecule has 2 N–H and O–H groups in total. The molecule has 1 aromatic rings. The Morgan fingerprint density at radius 1 is 1.10 bits per heavy atom. The van der Waals surface area contributed by atoms with E-state index in [-0.39, 0.29) is 17.8 Å². The van der Waals surface area contributed by atoms with Crippen molar-refractivity contribution in [1.82, 2.24) is 9.80 Å². The standard InChI is InChI=1S/C14H20F3N3/c1-2-19-6-8-20(9-7-19)10-11-12(14(15,16)17)4-3-5-13(11)18/h3-5H,2,6-10,18H2,1H3. The van der Waals surface area contributed by atoms with Crippen molar-refractivity contribution in [3.63, 3.8) is 0 Å². The Bertz CT molecular complexity index is 451. The molecule has 1 aliphatic heterocycles. The van der Waals surface area contributed by atoms with Crippen molar-refractivity contribution in [3.8, 4) is 0 Å². The molecule has 0 spiro atoms. The van der Waals surface area contributed by atoms with E-state index in [1.54, 1.807) is 0 Å². The molecule has 0 saturated carbocycles. The predicted octanol–water partition coefficient (Wildman–Crippen LogP) is 2.43. The Morgan fingerprint density at radius 3 is 2.25 bits per heavy atom. The Kier molecular flexibility index (Phi) is 4.55. The first kappa shape index (κ1) is 15.1. The lowest BCUT2D eigenvalue weighted by Gasteiger charge is -2.34. The van der Waals surface area contributed by atoms with Gasteiger partial charge >= 0.3 is 6.18 Å². The van der Waals surface area contributed by atoms with Gasteiger partial charge in [-0.1, -0.05) is 13.0 Å². The maximum atomic E-state index is 13.0. The molecule has 1 fully saturated rings. The average Bonchev–Trinajstić information content (AvgIpc) is 2.40. The van der Waals surface area contributed by atoms with Gasteiger partial charge in [-0.2, -0.15) is 13.2 Å². The molecule has 1 aliphatic rings. The van der Waals surface area contributed by atoms with Gasteiger partial charge in [-0.05, 0) is 18.7 Å². The molecular formula is C14H20F3N3. The lowest BCUT2D eigenvalue weighted by molar-refractivity contribution is -0.138. The minimum absolute atomic E-state index is 0.199. The van der Waals surface area contributed by atoms with Gasteiger partial charge < -0.3 is 10.6 Å². The van der Waals surface area contributed by atoms with Crippen molar-refractivity contribution in [2.24, 2.45) is 0 Å². The summed E-state index contributed by atoms with van der Waals surface area (Å²) in [5.41, 5.74) is 5.56. The number of hydrogen-bond acceptors (Lipinski definition) is 3. The van der Waals surface area contributed by atoms with Crippen LogP contribution in [0.3, 0.4) is 0 Å². The van der Waals surface area contributed by atoms with Crippen LogP contribution in [0.4, 0.5) is 18.9 Å². The molecule has 20 heavy (non-hydrogen) atoms. The summed E-state index contributed by atoms with van der Waals surface area (Å²) in [6, 6.07) is 4.00. The highest BCUT2D eigenvalue weighted by atomic mass is 19.4. The summed E-state index contributed by atoms with van der Waals surface area (Å²) in [6.07, 6.45) is -4.35. The summed E-state index contributed by atoms with van der Waals surface area (Å²) in [4.78, 5) is 4.32. The molecule has 3 nitrogen and oxygen atoms in total. The van der Waals surface area contributed by atoms with Crippen LogP contribution in [0.25, 0.3) is 0 Å². The van der Waals surface area contributed by atoms with Crippen molar-refractivity contribution >= 4 is 5.69 Å². The number of hydrogen-bond donors (Lipinski definition) is 1. The van der Waals surface area contributed by atoms with Gasteiger partial charge in [0.2, 0.25) is 0 Å². The molecule has 0 aromatic heterocycles. The molecule has 1 saturated heterocycles. The van der Waals surface area contributed by atoms with E-state index < -0.39 is 11.7 Å². The van der Waals surface area contributed by atoms with Gasteiger partial charge in [-0.15, -0.1) is 0 Å². The Labute approximate surface area is 117 Å². The lowest BCUT2D eigenvalue weighted by atomic mass is 10.0. The van der Waals surface area contributed by atoms with E-state index in [1.807, 2.05) is 4.90 Å². The summed E-state index contributed by atoms with van der Waals surface area (Å²) >= 11 is 0. The third kappa shape index (κ3) is 3.43. The number of nitrogens with zero attached hydrogens (tertiary/aromatic N) is 2. The molecule has 0 aliphatic carbocycles. The Hall–Kier alpha value is -1.27. The van der Waals surface area contributed by atoms with Crippen LogP contribution in [0.5, 0.6) is 0 Å². The minimum atomic E-state index is -4.35. The minimum Gasteiger partial charge on any atom is -0.398 e. The molecule has 112 valence electrons. The zero-order chi connectivity index (χ0) is 14.8. The number of alkyl halides is 3. The summed E-state index contributed by atoms with van der Waals surface area (Å²) in [7, 11) is 0. The largest absolute Gasteiger partial charge is 0.416 e. The normalized spacial score (nSPS) is 18.4. The molecule has 1 heterocycles. The lowest BCUT2D eigenvalue weighted by Crippen LogP contribution is -2.45. The maximum Gasteiger partial charge on any atom is 0.416 e. The summed E-state index contributed by atoms with van der Waals surface area (Å²) in [5, 5.41) is 0. The first-order valence-corrected chi connectivity index (χ1v) is 6.81.